The van der Waals surface area contributed by atoms with Crippen LogP contribution in [-0.2, 0) is 29.1 Å². The topological polar surface area (TPSA) is 92.9 Å². The second-order valence-corrected chi connectivity index (χ2v) is 5.28. The van der Waals surface area contributed by atoms with Crippen LogP contribution in [-0.4, -0.2) is 40.2 Å². The van der Waals surface area contributed by atoms with Gasteiger partial charge in [0.05, 0.1) is 13.2 Å². The summed E-state index contributed by atoms with van der Waals surface area (Å²) in [5.74, 6) is -0.787. The van der Waals surface area contributed by atoms with Crippen LogP contribution in [0, 0.1) is 0 Å². The van der Waals surface area contributed by atoms with E-state index in [4.69, 9.17) is 14.4 Å². The number of carboxylic acid groups (broad SMARTS) is 1. The van der Waals surface area contributed by atoms with E-state index in [1.54, 1.807) is 4.90 Å². The average molecular weight is 316 g/mol. The Morgan fingerprint density at radius 1 is 1.30 bits per heavy atom. The summed E-state index contributed by atoms with van der Waals surface area (Å²) in [7, 11) is 0. The molecule has 1 amide bonds. The van der Waals surface area contributed by atoms with Gasteiger partial charge in [-0.05, 0) is 5.56 Å². The number of amides is 1. The third-order valence-corrected chi connectivity index (χ3v) is 3.72. The zero-order chi connectivity index (χ0) is 16.2. The zero-order valence-corrected chi connectivity index (χ0v) is 12.4. The van der Waals surface area contributed by atoms with Crippen LogP contribution in [0.2, 0.25) is 0 Å². The molecule has 1 aromatic carbocycles. The van der Waals surface area contributed by atoms with Crippen LogP contribution in [0.4, 0.5) is 0 Å². The Bertz CT molecular complexity index is 711. The third-order valence-electron chi connectivity index (χ3n) is 3.72. The molecule has 0 bridgehead atoms. The minimum atomic E-state index is -1.15. The molecule has 3 rings (SSSR count). The van der Waals surface area contributed by atoms with E-state index in [9.17, 15) is 9.59 Å². The number of aromatic carboxylic acids is 1. The SMILES string of the molecule is O=C(O)c1noc2c1CN(C(=O)COCc1ccccc1)CC2. The lowest BCUT2D eigenvalue weighted by Crippen LogP contribution is -2.38. The molecule has 0 radical (unpaired) electrons. The van der Waals surface area contributed by atoms with Gasteiger partial charge < -0.3 is 19.3 Å². The highest BCUT2D eigenvalue weighted by Gasteiger charge is 2.29. The van der Waals surface area contributed by atoms with Crippen molar-refractivity contribution in [1.29, 1.82) is 0 Å². The van der Waals surface area contributed by atoms with Crippen molar-refractivity contribution in [2.45, 2.75) is 19.6 Å². The van der Waals surface area contributed by atoms with Crippen molar-refractivity contribution >= 4 is 11.9 Å². The number of ether oxygens (including phenoxy) is 1. The molecule has 7 heteroatoms. The third kappa shape index (κ3) is 3.40. The van der Waals surface area contributed by atoms with Crippen LogP contribution in [0.3, 0.4) is 0 Å². The van der Waals surface area contributed by atoms with E-state index < -0.39 is 5.97 Å². The van der Waals surface area contributed by atoms with Gasteiger partial charge in [0.25, 0.3) is 0 Å². The lowest BCUT2D eigenvalue weighted by molar-refractivity contribution is -0.137. The largest absolute Gasteiger partial charge is 0.476 e. The normalized spacial score (nSPS) is 13.7. The van der Waals surface area contributed by atoms with E-state index in [0.29, 0.717) is 30.9 Å². The molecule has 2 aromatic rings. The molecular weight excluding hydrogens is 300 g/mol. The molecule has 0 saturated heterocycles. The number of fused-ring (bicyclic) bond motifs is 1. The highest BCUT2D eigenvalue weighted by molar-refractivity contribution is 5.87. The number of aromatic nitrogens is 1. The van der Waals surface area contributed by atoms with Gasteiger partial charge in [-0.25, -0.2) is 4.79 Å². The molecule has 7 nitrogen and oxygen atoms in total. The fraction of sp³-hybridized carbons (Fsp3) is 0.312. The quantitative estimate of drug-likeness (QED) is 0.898. The van der Waals surface area contributed by atoms with Crippen LogP contribution in [0.5, 0.6) is 0 Å². The van der Waals surface area contributed by atoms with Crippen molar-refractivity contribution < 1.29 is 24.0 Å². The summed E-state index contributed by atoms with van der Waals surface area (Å²) in [5.41, 5.74) is 1.34. The molecular formula is C16H16N2O5. The average Bonchev–Trinajstić information content (AvgIpc) is 2.99. The van der Waals surface area contributed by atoms with Gasteiger partial charge in [0.1, 0.15) is 12.4 Å². The van der Waals surface area contributed by atoms with Gasteiger partial charge in [0.15, 0.2) is 5.69 Å². The summed E-state index contributed by atoms with van der Waals surface area (Å²) < 4.78 is 10.5. The second-order valence-electron chi connectivity index (χ2n) is 5.28. The minimum Gasteiger partial charge on any atom is -0.476 e. The summed E-state index contributed by atoms with van der Waals surface area (Å²) >= 11 is 0. The number of rotatable bonds is 5. The molecule has 0 atom stereocenters. The molecule has 1 aliphatic rings. The van der Waals surface area contributed by atoms with Crippen molar-refractivity contribution in [2.75, 3.05) is 13.2 Å². The van der Waals surface area contributed by atoms with E-state index >= 15 is 0 Å². The first kappa shape index (κ1) is 15.2. The Labute approximate surface area is 132 Å². The number of carbonyl (C=O) groups is 2. The molecule has 0 saturated carbocycles. The number of nitrogens with zero attached hydrogens (tertiary/aromatic N) is 2. The van der Waals surface area contributed by atoms with Crippen molar-refractivity contribution in [2.24, 2.45) is 0 Å². The summed E-state index contributed by atoms with van der Waals surface area (Å²) in [6.07, 6.45) is 0.458. The lowest BCUT2D eigenvalue weighted by Gasteiger charge is -2.25. The monoisotopic (exact) mass is 316 g/mol. The molecule has 1 aliphatic heterocycles. The molecule has 0 fully saturated rings. The Hall–Kier alpha value is -2.67. The van der Waals surface area contributed by atoms with Crippen LogP contribution in [0.1, 0.15) is 27.4 Å². The second kappa shape index (κ2) is 6.62. The standard InChI is InChI=1S/C16H16N2O5/c19-14(10-22-9-11-4-2-1-3-5-11)18-7-6-13-12(8-18)15(16(20)21)17-23-13/h1-5H,6-10H2,(H,20,21). The molecule has 1 aromatic heterocycles. The van der Waals surface area contributed by atoms with Crippen LogP contribution < -0.4 is 0 Å². The number of benzene rings is 1. The van der Waals surface area contributed by atoms with Crippen molar-refractivity contribution in [3.05, 3.63) is 52.9 Å². The molecule has 0 aliphatic carbocycles. The predicted octanol–water partition coefficient (Wildman–Crippen LogP) is 1.47. The van der Waals surface area contributed by atoms with Crippen LogP contribution >= 0.6 is 0 Å². The molecule has 1 N–H and O–H groups in total. The van der Waals surface area contributed by atoms with Crippen LogP contribution in [0.25, 0.3) is 0 Å². The van der Waals surface area contributed by atoms with E-state index in [0.717, 1.165) is 5.56 Å². The van der Waals surface area contributed by atoms with E-state index in [1.165, 1.54) is 0 Å². The number of hydrogen-bond donors (Lipinski definition) is 1. The molecule has 0 unspecified atom stereocenters. The van der Waals surface area contributed by atoms with Gasteiger partial charge in [-0.3, -0.25) is 4.79 Å². The maximum Gasteiger partial charge on any atom is 0.358 e. The number of hydrogen-bond acceptors (Lipinski definition) is 5. The van der Waals surface area contributed by atoms with Gasteiger partial charge in [0.2, 0.25) is 5.91 Å². The van der Waals surface area contributed by atoms with Crippen molar-refractivity contribution in [1.82, 2.24) is 10.1 Å². The maximum absolute atomic E-state index is 12.2. The Morgan fingerprint density at radius 3 is 2.83 bits per heavy atom. The van der Waals surface area contributed by atoms with E-state index in [2.05, 4.69) is 5.16 Å². The first-order valence-electron chi connectivity index (χ1n) is 7.25. The number of carboxylic acids is 1. The summed E-state index contributed by atoms with van der Waals surface area (Å²) in [6, 6.07) is 9.58. The van der Waals surface area contributed by atoms with Gasteiger partial charge in [-0.15, -0.1) is 0 Å². The highest BCUT2D eigenvalue weighted by Crippen LogP contribution is 2.22. The van der Waals surface area contributed by atoms with E-state index in [1.807, 2.05) is 30.3 Å². The summed E-state index contributed by atoms with van der Waals surface area (Å²) in [6.45, 7) is 0.972. The Kier molecular flexibility index (Phi) is 4.38. The Balaban J connectivity index is 1.56. The van der Waals surface area contributed by atoms with E-state index in [-0.39, 0.29) is 24.8 Å². The van der Waals surface area contributed by atoms with Gasteiger partial charge in [0, 0.05) is 18.5 Å². The van der Waals surface area contributed by atoms with Gasteiger partial charge in [-0.1, -0.05) is 35.5 Å². The highest BCUT2D eigenvalue weighted by atomic mass is 16.5. The first-order chi connectivity index (χ1) is 11.1. The van der Waals surface area contributed by atoms with Crippen molar-refractivity contribution in [3.8, 4) is 0 Å². The molecule has 120 valence electrons. The Morgan fingerprint density at radius 2 is 2.09 bits per heavy atom. The predicted molar refractivity (Wildman–Crippen MR) is 78.7 cm³/mol. The maximum atomic E-state index is 12.2. The fourth-order valence-corrected chi connectivity index (χ4v) is 2.51. The molecule has 23 heavy (non-hydrogen) atoms. The number of carbonyl (C=O) groups excluding carboxylic acids is 1. The van der Waals surface area contributed by atoms with Crippen LogP contribution in [0.15, 0.2) is 34.9 Å². The van der Waals surface area contributed by atoms with Gasteiger partial charge in [-0.2, -0.15) is 0 Å². The zero-order valence-electron chi connectivity index (χ0n) is 12.4. The summed E-state index contributed by atoms with van der Waals surface area (Å²) in [5, 5.41) is 12.6. The molecule has 2 heterocycles. The minimum absolute atomic E-state index is 0.0437. The smallest absolute Gasteiger partial charge is 0.358 e. The fourth-order valence-electron chi connectivity index (χ4n) is 2.51. The summed E-state index contributed by atoms with van der Waals surface area (Å²) in [4.78, 5) is 24.9. The molecule has 0 spiro atoms. The lowest BCUT2D eigenvalue weighted by atomic mass is 10.1. The van der Waals surface area contributed by atoms with Gasteiger partial charge >= 0.3 is 5.97 Å². The van der Waals surface area contributed by atoms with Crippen molar-refractivity contribution in [3.63, 3.8) is 0 Å². The first-order valence-corrected chi connectivity index (χ1v) is 7.25.